The maximum absolute atomic E-state index is 12.3. The van der Waals surface area contributed by atoms with Crippen molar-refractivity contribution in [3.05, 3.63) is 34.3 Å². The van der Waals surface area contributed by atoms with Gasteiger partial charge in [-0.25, -0.2) is 4.79 Å². The van der Waals surface area contributed by atoms with Crippen molar-refractivity contribution in [1.29, 1.82) is 0 Å². The van der Waals surface area contributed by atoms with E-state index in [2.05, 4.69) is 0 Å². The van der Waals surface area contributed by atoms with Crippen LogP contribution in [0.1, 0.15) is 50.4 Å². The molecule has 20 heavy (non-hydrogen) atoms. The Morgan fingerprint density at radius 2 is 1.95 bits per heavy atom. The smallest absolute Gasteiger partial charge is 0.408 e. The van der Waals surface area contributed by atoms with Gasteiger partial charge in [-0.1, -0.05) is 20.8 Å². The molecule has 0 spiro atoms. The maximum atomic E-state index is 12.3. The number of nitrogens with zero attached hydrogens (tertiary/aromatic N) is 1. The Bertz CT molecular complexity index is 662. The van der Waals surface area contributed by atoms with Gasteiger partial charge in [-0.15, -0.1) is 0 Å². The molecule has 2 rings (SSSR count). The molecule has 0 aliphatic rings. The van der Waals surface area contributed by atoms with Crippen LogP contribution in [0.15, 0.2) is 27.4 Å². The SMILES string of the molecule is CCCn1c(=O)oc2cc(C(=O)C(CC)CC)ccc21. The number of oxazole rings is 1. The number of aromatic nitrogens is 1. The van der Waals surface area contributed by atoms with Gasteiger partial charge in [0.25, 0.3) is 0 Å². The van der Waals surface area contributed by atoms with Crippen molar-refractivity contribution in [2.75, 3.05) is 0 Å². The lowest BCUT2D eigenvalue weighted by Crippen LogP contribution is -2.14. The van der Waals surface area contributed by atoms with Crippen LogP contribution < -0.4 is 5.76 Å². The fourth-order valence-electron chi connectivity index (χ4n) is 2.55. The van der Waals surface area contributed by atoms with Crippen molar-refractivity contribution in [2.45, 2.75) is 46.6 Å². The molecule has 108 valence electrons. The minimum atomic E-state index is -0.353. The van der Waals surface area contributed by atoms with Crippen LogP contribution in [-0.4, -0.2) is 10.4 Å². The molecular weight excluding hydrogens is 254 g/mol. The van der Waals surface area contributed by atoms with Crippen molar-refractivity contribution in [2.24, 2.45) is 5.92 Å². The highest BCUT2D eigenvalue weighted by Gasteiger charge is 2.18. The van der Waals surface area contributed by atoms with Crippen molar-refractivity contribution in [3.63, 3.8) is 0 Å². The van der Waals surface area contributed by atoms with Gasteiger partial charge in [0.2, 0.25) is 0 Å². The quantitative estimate of drug-likeness (QED) is 0.756. The predicted octanol–water partition coefficient (Wildman–Crippen LogP) is 3.62. The van der Waals surface area contributed by atoms with Crippen molar-refractivity contribution in [1.82, 2.24) is 4.57 Å². The number of fused-ring (bicyclic) bond motifs is 1. The maximum Gasteiger partial charge on any atom is 0.419 e. The zero-order valence-corrected chi connectivity index (χ0v) is 12.3. The van der Waals surface area contributed by atoms with E-state index in [0.717, 1.165) is 24.8 Å². The molecule has 0 unspecified atom stereocenters. The van der Waals surface area contributed by atoms with E-state index in [1.807, 2.05) is 26.8 Å². The first-order valence-corrected chi connectivity index (χ1v) is 7.29. The fourth-order valence-corrected chi connectivity index (χ4v) is 2.55. The molecule has 0 saturated carbocycles. The topological polar surface area (TPSA) is 52.2 Å². The van der Waals surface area contributed by atoms with Gasteiger partial charge in [0, 0.05) is 18.0 Å². The second-order valence-corrected chi connectivity index (χ2v) is 5.08. The van der Waals surface area contributed by atoms with Crippen molar-refractivity contribution >= 4 is 16.9 Å². The molecule has 0 amide bonds. The average molecular weight is 275 g/mol. The lowest BCUT2D eigenvalue weighted by Gasteiger charge is -2.10. The molecule has 1 aromatic heterocycles. The number of benzene rings is 1. The highest BCUT2D eigenvalue weighted by atomic mass is 16.4. The van der Waals surface area contributed by atoms with Gasteiger partial charge < -0.3 is 4.42 Å². The van der Waals surface area contributed by atoms with Crippen LogP contribution in [0.3, 0.4) is 0 Å². The standard InChI is InChI=1S/C16H21NO3/c1-4-9-17-13-8-7-12(10-14(13)20-16(17)19)15(18)11(5-2)6-3/h7-8,10-11H,4-6,9H2,1-3H3. The summed E-state index contributed by atoms with van der Waals surface area (Å²) in [7, 11) is 0. The van der Waals surface area contributed by atoms with Gasteiger partial charge in [-0.3, -0.25) is 9.36 Å². The normalized spacial score (nSPS) is 11.4. The predicted molar refractivity (Wildman–Crippen MR) is 79.2 cm³/mol. The number of hydrogen-bond donors (Lipinski definition) is 0. The van der Waals surface area contributed by atoms with E-state index in [1.165, 1.54) is 0 Å². The van der Waals surface area contributed by atoms with Crippen LogP contribution in [0.25, 0.3) is 11.1 Å². The number of Topliss-reactive ketones (excluding diaryl/α,β-unsaturated/α-hetero) is 1. The highest BCUT2D eigenvalue weighted by Crippen LogP contribution is 2.20. The molecule has 0 atom stereocenters. The molecule has 0 aliphatic heterocycles. The third-order valence-electron chi connectivity index (χ3n) is 3.76. The largest absolute Gasteiger partial charge is 0.419 e. The van der Waals surface area contributed by atoms with Gasteiger partial charge in [0.1, 0.15) is 0 Å². The summed E-state index contributed by atoms with van der Waals surface area (Å²) in [4.78, 5) is 24.1. The molecule has 1 aromatic carbocycles. The Balaban J connectivity index is 2.45. The highest BCUT2D eigenvalue weighted by molar-refractivity contribution is 6.00. The molecule has 2 aromatic rings. The zero-order valence-electron chi connectivity index (χ0n) is 12.3. The molecule has 0 bridgehead atoms. The van der Waals surface area contributed by atoms with Gasteiger partial charge in [0.05, 0.1) is 5.52 Å². The summed E-state index contributed by atoms with van der Waals surface area (Å²) in [6.07, 6.45) is 2.52. The lowest BCUT2D eigenvalue weighted by atomic mass is 9.93. The summed E-state index contributed by atoms with van der Waals surface area (Å²) in [6, 6.07) is 5.30. The first-order chi connectivity index (χ1) is 9.62. The molecule has 0 N–H and O–H groups in total. The summed E-state index contributed by atoms with van der Waals surface area (Å²) in [5.41, 5.74) is 1.89. The number of rotatable bonds is 6. The summed E-state index contributed by atoms with van der Waals surface area (Å²) >= 11 is 0. The Hall–Kier alpha value is -1.84. The molecule has 0 aliphatic carbocycles. The van der Waals surface area contributed by atoms with Crippen LogP contribution in [0.5, 0.6) is 0 Å². The van der Waals surface area contributed by atoms with Crippen LogP contribution in [0, 0.1) is 5.92 Å². The molecule has 1 heterocycles. The van der Waals surface area contributed by atoms with Gasteiger partial charge >= 0.3 is 5.76 Å². The average Bonchev–Trinajstić information content (AvgIpc) is 2.76. The van der Waals surface area contributed by atoms with Crippen molar-refractivity contribution < 1.29 is 9.21 Å². The Kier molecular flexibility index (Phi) is 4.42. The first-order valence-electron chi connectivity index (χ1n) is 7.29. The van der Waals surface area contributed by atoms with Crippen LogP contribution in [0.4, 0.5) is 0 Å². The van der Waals surface area contributed by atoms with E-state index < -0.39 is 0 Å². The summed E-state index contributed by atoms with van der Waals surface area (Å²) < 4.78 is 6.86. The monoisotopic (exact) mass is 275 g/mol. The molecule has 0 fully saturated rings. The number of carbonyl (C=O) groups is 1. The van der Waals surface area contributed by atoms with Gasteiger partial charge in [-0.05, 0) is 37.5 Å². The van der Waals surface area contributed by atoms with Gasteiger partial charge in [0.15, 0.2) is 11.4 Å². The molecular formula is C16H21NO3. The molecule has 0 radical (unpaired) electrons. The molecule has 4 nitrogen and oxygen atoms in total. The minimum Gasteiger partial charge on any atom is -0.408 e. The Morgan fingerprint density at radius 3 is 2.55 bits per heavy atom. The molecule has 4 heteroatoms. The zero-order chi connectivity index (χ0) is 14.7. The Labute approximate surface area is 118 Å². The van der Waals surface area contributed by atoms with E-state index in [4.69, 9.17) is 4.42 Å². The van der Waals surface area contributed by atoms with Gasteiger partial charge in [-0.2, -0.15) is 0 Å². The Morgan fingerprint density at radius 1 is 1.25 bits per heavy atom. The van der Waals surface area contributed by atoms with Crippen molar-refractivity contribution in [3.8, 4) is 0 Å². The first kappa shape index (κ1) is 14.6. The van der Waals surface area contributed by atoms with Crippen LogP contribution in [-0.2, 0) is 6.54 Å². The summed E-state index contributed by atoms with van der Waals surface area (Å²) in [5, 5.41) is 0. The lowest BCUT2D eigenvalue weighted by molar-refractivity contribution is 0.0913. The van der Waals surface area contributed by atoms with E-state index in [1.54, 1.807) is 16.7 Å². The van der Waals surface area contributed by atoms with Crippen LogP contribution in [0.2, 0.25) is 0 Å². The van der Waals surface area contributed by atoms with Crippen LogP contribution >= 0.6 is 0 Å². The number of ketones is 1. The van der Waals surface area contributed by atoms with E-state index >= 15 is 0 Å². The summed E-state index contributed by atoms with van der Waals surface area (Å²) in [5.74, 6) is -0.186. The number of hydrogen-bond acceptors (Lipinski definition) is 3. The number of aryl methyl sites for hydroxylation is 1. The van der Waals surface area contributed by atoms with E-state index in [9.17, 15) is 9.59 Å². The van der Waals surface area contributed by atoms with E-state index in [-0.39, 0.29) is 17.5 Å². The second-order valence-electron chi connectivity index (χ2n) is 5.08. The second kappa shape index (κ2) is 6.07. The van der Waals surface area contributed by atoms with E-state index in [0.29, 0.717) is 17.7 Å². The third kappa shape index (κ3) is 2.55. The fraction of sp³-hybridized carbons (Fsp3) is 0.500. The summed E-state index contributed by atoms with van der Waals surface area (Å²) in [6.45, 7) is 6.67. The number of carbonyl (C=O) groups excluding carboxylic acids is 1. The molecule has 0 saturated heterocycles. The minimum absolute atomic E-state index is 0.0388. The third-order valence-corrected chi connectivity index (χ3v) is 3.76.